The first-order valence-corrected chi connectivity index (χ1v) is 3.08. The van der Waals surface area contributed by atoms with E-state index in [1.807, 2.05) is 7.05 Å². The third-order valence-corrected chi connectivity index (χ3v) is 1.60. The molecule has 0 aromatic heterocycles. The van der Waals surface area contributed by atoms with E-state index >= 15 is 0 Å². The maximum absolute atomic E-state index is 9.76. The van der Waals surface area contributed by atoms with Gasteiger partial charge in [0.2, 0.25) is 6.08 Å². The van der Waals surface area contributed by atoms with Gasteiger partial charge in [0.05, 0.1) is 6.04 Å². The summed E-state index contributed by atoms with van der Waals surface area (Å²) in [5.74, 6) is 0. The van der Waals surface area contributed by atoms with Crippen LogP contribution in [0.2, 0.25) is 0 Å². The third-order valence-electron chi connectivity index (χ3n) is 1.60. The van der Waals surface area contributed by atoms with E-state index in [-0.39, 0.29) is 6.04 Å². The fraction of sp³-hybridized carbons (Fsp3) is 0.833. The van der Waals surface area contributed by atoms with Crippen LogP contribution in [-0.2, 0) is 4.79 Å². The SMILES string of the molecule is CN1CCC(N=C=O)C1. The molecule has 50 valence electrons. The Kier molecular flexibility index (Phi) is 1.98. The van der Waals surface area contributed by atoms with E-state index in [9.17, 15) is 4.79 Å². The first-order chi connectivity index (χ1) is 4.33. The van der Waals surface area contributed by atoms with Crippen molar-refractivity contribution in [2.24, 2.45) is 4.99 Å². The molecular weight excluding hydrogens is 116 g/mol. The summed E-state index contributed by atoms with van der Waals surface area (Å²) in [6, 6.07) is 0.215. The largest absolute Gasteiger partial charge is 0.304 e. The van der Waals surface area contributed by atoms with Crippen LogP contribution in [0.5, 0.6) is 0 Å². The van der Waals surface area contributed by atoms with Crippen molar-refractivity contribution < 1.29 is 4.79 Å². The average molecular weight is 126 g/mol. The molecule has 1 saturated heterocycles. The normalized spacial score (nSPS) is 27.9. The molecule has 0 bridgehead atoms. The Labute approximate surface area is 54.4 Å². The van der Waals surface area contributed by atoms with Gasteiger partial charge >= 0.3 is 0 Å². The highest BCUT2D eigenvalue weighted by atomic mass is 16.1. The molecule has 9 heavy (non-hydrogen) atoms. The number of hydrogen-bond acceptors (Lipinski definition) is 3. The smallest absolute Gasteiger partial charge is 0.235 e. The van der Waals surface area contributed by atoms with E-state index in [0.29, 0.717) is 0 Å². The fourth-order valence-corrected chi connectivity index (χ4v) is 1.09. The zero-order valence-electron chi connectivity index (χ0n) is 5.50. The van der Waals surface area contributed by atoms with E-state index < -0.39 is 0 Å². The molecule has 0 amide bonds. The highest BCUT2D eigenvalue weighted by Crippen LogP contribution is 2.08. The Morgan fingerprint density at radius 3 is 3.00 bits per heavy atom. The van der Waals surface area contributed by atoms with E-state index in [0.717, 1.165) is 19.5 Å². The lowest BCUT2D eigenvalue weighted by Crippen LogP contribution is -2.15. The Balaban J connectivity index is 2.38. The second kappa shape index (κ2) is 2.76. The van der Waals surface area contributed by atoms with Gasteiger partial charge < -0.3 is 4.90 Å². The van der Waals surface area contributed by atoms with Gasteiger partial charge in [-0.25, -0.2) is 9.79 Å². The van der Waals surface area contributed by atoms with Gasteiger partial charge in [-0.15, -0.1) is 0 Å². The molecule has 0 aliphatic carbocycles. The third kappa shape index (κ3) is 1.63. The van der Waals surface area contributed by atoms with E-state index in [1.165, 1.54) is 0 Å². The maximum atomic E-state index is 9.76. The maximum Gasteiger partial charge on any atom is 0.235 e. The molecule has 1 unspecified atom stereocenters. The number of likely N-dealkylation sites (tertiary alicyclic amines) is 1. The second-order valence-corrected chi connectivity index (χ2v) is 2.43. The number of rotatable bonds is 1. The molecule has 0 aromatic rings. The quantitative estimate of drug-likeness (QED) is 0.366. The number of hydrogen-bond donors (Lipinski definition) is 0. The summed E-state index contributed by atoms with van der Waals surface area (Å²) in [6.45, 7) is 1.96. The van der Waals surface area contributed by atoms with Gasteiger partial charge in [-0.2, -0.15) is 0 Å². The van der Waals surface area contributed by atoms with Crippen molar-refractivity contribution in [3.8, 4) is 0 Å². The first kappa shape index (κ1) is 6.46. The Morgan fingerprint density at radius 1 is 1.78 bits per heavy atom. The molecule has 0 spiro atoms. The predicted octanol–water partition coefficient (Wildman–Crippen LogP) is 0.0263. The zero-order valence-corrected chi connectivity index (χ0v) is 5.50. The van der Waals surface area contributed by atoms with E-state index in [4.69, 9.17) is 0 Å². The van der Waals surface area contributed by atoms with Crippen LogP contribution in [0.15, 0.2) is 4.99 Å². The molecule has 1 rings (SSSR count). The number of isocyanates is 1. The van der Waals surface area contributed by atoms with Crippen molar-refractivity contribution in [2.45, 2.75) is 12.5 Å². The van der Waals surface area contributed by atoms with Crippen LogP contribution in [0.25, 0.3) is 0 Å². The molecule has 1 heterocycles. The molecule has 1 aliphatic rings. The summed E-state index contributed by atoms with van der Waals surface area (Å²) in [5, 5.41) is 0. The van der Waals surface area contributed by atoms with Gasteiger partial charge in [-0.1, -0.05) is 0 Å². The molecule has 0 saturated carbocycles. The van der Waals surface area contributed by atoms with Crippen molar-refractivity contribution in [1.82, 2.24) is 4.90 Å². The lowest BCUT2D eigenvalue weighted by molar-refractivity contribution is 0.411. The second-order valence-electron chi connectivity index (χ2n) is 2.43. The topological polar surface area (TPSA) is 32.7 Å². The standard InChI is InChI=1S/C6H10N2O/c1-8-3-2-6(4-8)7-5-9/h6H,2-4H2,1H3. The molecule has 0 radical (unpaired) electrons. The summed E-state index contributed by atoms with van der Waals surface area (Å²) in [7, 11) is 2.03. The number of carbonyl (C=O) groups excluding carboxylic acids is 1. The lowest BCUT2D eigenvalue weighted by Gasteiger charge is -2.03. The summed E-state index contributed by atoms with van der Waals surface area (Å²) < 4.78 is 0. The minimum atomic E-state index is 0.215. The van der Waals surface area contributed by atoms with Crippen molar-refractivity contribution in [2.75, 3.05) is 20.1 Å². The van der Waals surface area contributed by atoms with E-state index in [1.54, 1.807) is 6.08 Å². The van der Waals surface area contributed by atoms with E-state index in [2.05, 4.69) is 9.89 Å². The molecule has 3 heteroatoms. The summed E-state index contributed by atoms with van der Waals surface area (Å²) in [6.07, 6.45) is 2.58. The summed E-state index contributed by atoms with van der Waals surface area (Å²) in [5.41, 5.74) is 0. The Morgan fingerprint density at radius 2 is 2.56 bits per heavy atom. The number of likely N-dealkylation sites (N-methyl/N-ethyl adjacent to an activating group) is 1. The molecule has 0 aromatic carbocycles. The summed E-state index contributed by atoms with van der Waals surface area (Å²) in [4.78, 5) is 15.5. The first-order valence-electron chi connectivity index (χ1n) is 3.08. The van der Waals surface area contributed by atoms with Gasteiger partial charge in [0.1, 0.15) is 0 Å². The van der Waals surface area contributed by atoms with Gasteiger partial charge in [0.25, 0.3) is 0 Å². The Bertz CT molecular complexity index is 140. The fourth-order valence-electron chi connectivity index (χ4n) is 1.09. The van der Waals surface area contributed by atoms with Crippen LogP contribution in [0, 0.1) is 0 Å². The van der Waals surface area contributed by atoms with Gasteiger partial charge in [0.15, 0.2) is 0 Å². The average Bonchev–Trinajstić information content (AvgIpc) is 2.17. The van der Waals surface area contributed by atoms with Crippen LogP contribution in [0.1, 0.15) is 6.42 Å². The van der Waals surface area contributed by atoms with Crippen molar-refractivity contribution in [3.05, 3.63) is 0 Å². The van der Waals surface area contributed by atoms with Crippen molar-refractivity contribution >= 4 is 6.08 Å². The predicted molar refractivity (Wildman–Crippen MR) is 34.0 cm³/mol. The highest BCUT2D eigenvalue weighted by molar-refractivity contribution is 5.33. The van der Waals surface area contributed by atoms with Crippen LogP contribution in [0.4, 0.5) is 0 Å². The van der Waals surface area contributed by atoms with Crippen molar-refractivity contribution in [3.63, 3.8) is 0 Å². The van der Waals surface area contributed by atoms with Gasteiger partial charge in [-0.3, -0.25) is 0 Å². The van der Waals surface area contributed by atoms with Gasteiger partial charge in [0, 0.05) is 13.1 Å². The molecule has 1 atom stereocenters. The van der Waals surface area contributed by atoms with Crippen LogP contribution in [0.3, 0.4) is 0 Å². The van der Waals surface area contributed by atoms with Crippen molar-refractivity contribution in [1.29, 1.82) is 0 Å². The van der Waals surface area contributed by atoms with Crippen LogP contribution in [-0.4, -0.2) is 37.2 Å². The summed E-state index contributed by atoms with van der Waals surface area (Å²) >= 11 is 0. The Hall–Kier alpha value is -0.660. The number of nitrogens with zero attached hydrogens (tertiary/aromatic N) is 2. The van der Waals surface area contributed by atoms with Gasteiger partial charge in [-0.05, 0) is 13.5 Å². The monoisotopic (exact) mass is 126 g/mol. The lowest BCUT2D eigenvalue weighted by atomic mass is 10.3. The van der Waals surface area contributed by atoms with Crippen LogP contribution < -0.4 is 0 Å². The molecule has 3 nitrogen and oxygen atoms in total. The zero-order chi connectivity index (χ0) is 6.69. The minimum Gasteiger partial charge on any atom is -0.304 e. The molecule has 1 fully saturated rings. The minimum absolute atomic E-state index is 0.215. The molecular formula is C6H10N2O. The molecule has 0 N–H and O–H groups in total. The molecule has 1 aliphatic heterocycles. The highest BCUT2D eigenvalue weighted by Gasteiger charge is 2.17. The van der Waals surface area contributed by atoms with Crippen LogP contribution >= 0.6 is 0 Å². The number of aliphatic imine (C=N–C) groups is 1.